The largest absolute Gasteiger partial charge is 0.338 e. The Balaban J connectivity index is 1.58. The summed E-state index contributed by atoms with van der Waals surface area (Å²) in [6.45, 7) is 1.87. The van der Waals surface area contributed by atoms with Crippen molar-refractivity contribution in [2.45, 2.75) is 25.7 Å². The molecule has 20 heavy (non-hydrogen) atoms. The molecule has 6 heteroatoms. The minimum absolute atomic E-state index is 0.0893. The summed E-state index contributed by atoms with van der Waals surface area (Å²) in [7, 11) is 0. The van der Waals surface area contributed by atoms with Gasteiger partial charge in [0.25, 0.3) is 0 Å². The minimum Gasteiger partial charge on any atom is -0.338 e. The van der Waals surface area contributed by atoms with Crippen molar-refractivity contribution in [1.82, 2.24) is 9.80 Å². The summed E-state index contributed by atoms with van der Waals surface area (Å²) < 4.78 is 0. The molecule has 0 bridgehead atoms. The van der Waals surface area contributed by atoms with Crippen LogP contribution in [0.1, 0.15) is 25.7 Å². The van der Waals surface area contributed by atoms with Crippen LogP contribution < -0.4 is 0 Å². The van der Waals surface area contributed by atoms with Crippen molar-refractivity contribution in [3.8, 4) is 12.1 Å². The van der Waals surface area contributed by atoms with Gasteiger partial charge >= 0.3 is 0 Å². The molecule has 2 saturated carbocycles. The fraction of sp³-hybridized carbons (Fsp3) is 0.714. The van der Waals surface area contributed by atoms with Crippen molar-refractivity contribution < 1.29 is 9.59 Å². The Labute approximate surface area is 117 Å². The van der Waals surface area contributed by atoms with Gasteiger partial charge in [-0.05, 0) is 25.7 Å². The van der Waals surface area contributed by atoms with Gasteiger partial charge < -0.3 is 9.80 Å². The zero-order chi connectivity index (χ0) is 14.4. The van der Waals surface area contributed by atoms with Gasteiger partial charge in [0, 0.05) is 26.2 Å². The normalized spacial score (nSPS) is 25.3. The third-order valence-electron chi connectivity index (χ3n) is 4.60. The topological polar surface area (TPSA) is 88.2 Å². The first-order valence-electron chi connectivity index (χ1n) is 6.98. The van der Waals surface area contributed by atoms with Crippen LogP contribution in [0.4, 0.5) is 0 Å². The maximum absolute atomic E-state index is 12.2. The van der Waals surface area contributed by atoms with E-state index in [4.69, 9.17) is 10.5 Å². The molecule has 0 atom stereocenters. The van der Waals surface area contributed by atoms with E-state index in [-0.39, 0.29) is 11.8 Å². The van der Waals surface area contributed by atoms with Gasteiger partial charge in [0.15, 0.2) is 0 Å². The van der Waals surface area contributed by atoms with E-state index >= 15 is 0 Å². The number of rotatable bonds is 2. The van der Waals surface area contributed by atoms with E-state index in [1.54, 1.807) is 9.80 Å². The van der Waals surface area contributed by atoms with Gasteiger partial charge in [-0.1, -0.05) is 0 Å². The molecule has 104 valence electrons. The molecule has 0 radical (unpaired) electrons. The van der Waals surface area contributed by atoms with Gasteiger partial charge in [0.2, 0.25) is 11.8 Å². The molecule has 3 aliphatic rings. The molecule has 1 heterocycles. The molecule has 1 aliphatic heterocycles. The lowest BCUT2D eigenvalue weighted by atomic mass is 10.1. The van der Waals surface area contributed by atoms with Crippen molar-refractivity contribution in [2.24, 2.45) is 10.8 Å². The molecule has 0 aromatic carbocycles. The van der Waals surface area contributed by atoms with Crippen LogP contribution in [0.5, 0.6) is 0 Å². The lowest BCUT2D eigenvalue weighted by Gasteiger charge is -2.36. The first-order valence-corrected chi connectivity index (χ1v) is 6.98. The predicted molar refractivity (Wildman–Crippen MR) is 67.7 cm³/mol. The summed E-state index contributed by atoms with van der Waals surface area (Å²) >= 11 is 0. The minimum atomic E-state index is -0.781. The van der Waals surface area contributed by atoms with E-state index in [2.05, 4.69) is 12.1 Å². The second-order valence-electron chi connectivity index (χ2n) is 5.97. The van der Waals surface area contributed by atoms with Gasteiger partial charge in [-0.25, -0.2) is 0 Å². The van der Waals surface area contributed by atoms with Crippen LogP contribution in [-0.4, -0.2) is 47.8 Å². The lowest BCUT2D eigenvalue weighted by Crippen LogP contribution is -2.53. The summed E-state index contributed by atoms with van der Waals surface area (Å²) in [5, 5.41) is 18.1. The van der Waals surface area contributed by atoms with Gasteiger partial charge in [0.1, 0.15) is 10.8 Å². The molecule has 0 spiro atoms. The smallest absolute Gasteiger partial charge is 0.243 e. The third kappa shape index (κ3) is 1.84. The molecule has 1 saturated heterocycles. The Bertz CT molecular complexity index is 491. The molecule has 0 aromatic heterocycles. The Morgan fingerprint density at radius 3 is 1.25 bits per heavy atom. The maximum Gasteiger partial charge on any atom is 0.243 e. The molecular formula is C14H16N4O2. The van der Waals surface area contributed by atoms with E-state index in [0.29, 0.717) is 51.9 Å². The van der Waals surface area contributed by atoms with Crippen LogP contribution >= 0.6 is 0 Å². The molecule has 3 fully saturated rings. The van der Waals surface area contributed by atoms with Crippen LogP contribution in [-0.2, 0) is 9.59 Å². The molecule has 6 nitrogen and oxygen atoms in total. The SMILES string of the molecule is N#CC1(C(=O)N2CCN(C(=O)C3(C#N)CC3)CC2)CC1. The second kappa shape index (κ2) is 4.21. The van der Waals surface area contributed by atoms with Crippen LogP contribution in [0.3, 0.4) is 0 Å². The van der Waals surface area contributed by atoms with Gasteiger partial charge in [0.05, 0.1) is 12.1 Å². The number of hydrogen-bond donors (Lipinski definition) is 0. The molecular weight excluding hydrogens is 256 g/mol. The monoisotopic (exact) mass is 272 g/mol. The predicted octanol–water partition coefficient (Wildman–Crippen LogP) is 0.265. The Morgan fingerprint density at radius 2 is 1.05 bits per heavy atom. The average Bonchev–Trinajstić information content (AvgIpc) is 3.40. The van der Waals surface area contributed by atoms with Gasteiger partial charge in [-0.2, -0.15) is 10.5 Å². The van der Waals surface area contributed by atoms with Crippen LogP contribution in [0.2, 0.25) is 0 Å². The van der Waals surface area contributed by atoms with Crippen LogP contribution in [0.15, 0.2) is 0 Å². The second-order valence-corrected chi connectivity index (χ2v) is 5.97. The molecule has 0 aromatic rings. The van der Waals surface area contributed by atoms with E-state index in [1.807, 2.05) is 0 Å². The number of nitrogens with zero attached hydrogens (tertiary/aromatic N) is 4. The van der Waals surface area contributed by atoms with Crippen LogP contribution in [0.25, 0.3) is 0 Å². The van der Waals surface area contributed by atoms with Crippen molar-refractivity contribution in [3.63, 3.8) is 0 Å². The van der Waals surface area contributed by atoms with E-state index in [1.165, 1.54) is 0 Å². The van der Waals surface area contributed by atoms with Gasteiger partial charge in [-0.3, -0.25) is 9.59 Å². The van der Waals surface area contributed by atoms with E-state index in [0.717, 1.165) is 0 Å². The highest BCUT2D eigenvalue weighted by atomic mass is 16.2. The Morgan fingerprint density at radius 1 is 0.750 bits per heavy atom. The number of nitriles is 2. The highest BCUT2D eigenvalue weighted by molar-refractivity contribution is 5.90. The zero-order valence-corrected chi connectivity index (χ0v) is 11.3. The maximum atomic E-state index is 12.2. The highest BCUT2D eigenvalue weighted by Gasteiger charge is 2.55. The number of hydrogen-bond acceptors (Lipinski definition) is 4. The summed E-state index contributed by atoms with van der Waals surface area (Å²) in [5.74, 6) is -0.179. The van der Waals surface area contributed by atoms with E-state index < -0.39 is 10.8 Å². The molecule has 3 rings (SSSR count). The molecule has 0 N–H and O–H groups in total. The average molecular weight is 272 g/mol. The van der Waals surface area contributed by atoms with Crippen LogP contribution in [0, 0.1) is 33.5 Å². The first kappa shape index (κ1) is 12.9. The number of carbonyl (C=O) groups is 2. The van der Waals surface area contributed by atoms with Crippen molar-refractivity contribution >= 4 is 11.8 Å². The Hall–Kier alpha value is -2.08. The molecule has 2 aliphatic carbocycles. The standard InChI is InChI=1S/C14H16N4O2/c15-9-13(1-2-13)11(19)17-5-7-18(8-6-17)12(20)14(10-16)3-4-14/h1-8H2. The van der Waals surface area contributed by atoms with Crippen molar-refractivity contribution in [3.05, 3.63) is 0 Å². The third-order valence-corrected chi connectivity index (χ3v) is 4.60. The summed E-state index contributed by atoms with van der Waals surface area (Å²) in [4.78, 5) is 27.8. The number of amides is 2. The van der Waals surface area contributed by atoms with Crippen molar-refractivity contribution in [2.75, 3.05) is 26.2 Å². The first-order chi connectivity index (χ1) is 9.57. The number of piperazine rings is 1. The zero-order valence-electron chi connectivity index (χ0n) is 11.3. The molecule has 0 unspecified atom stereocenters. The summed E-state index contributed by atoms with van der Waals surface area (Å²) in [6, 6.07) is 4.22. The fourth-order valence-electron chi connectivity index (χ4n) is 2.71. The quantitative estimate of drug-likeness (QED) is 0.721. The van der Waals surface area contributed by atoms with Gasteiger partial charge in [-0.15, -0.1) is 0 Å². The van der Waals surface area contributed by atoms with E-state index in [9.17, 15) is 9.59 Å². The lowest BCUT2D eigenvalue weighted by molar-refractivity contribution is -0.143. The molecule has 2 amide bonds. The fourth-order valence-corrected chi connectivity index (χ4v) is 2.71. The number of carbonyl (C=O) groups excluding carboxylic acids is 2. The Kier molecular flexibility index (Phi) is 2.72. The summed E-state index contributed by atoms with van der Waals surface area (Å²) in [5.41, 5.74) is -1.56. The summed E-state index contributed by atoms with van der Waals surface area (Å²) in [6.07, 6.45) is 2.61. The highest BCUT2D eigenvalue weighted by Crippen LogP contribution is 2.48. The van der Waals surface area contributed by atoms with Crippen molar-refractivity contribution in [1.29, 1.82) is 10.5 Å².